The van der Waals surface area contributed by atoms with Gasteiger partial charge in [0.15, 0.2) is 0 Å². The number of carbonyl (C=O) groups is 2. The van der Waals surface area contributed by atoms with Crippen LogP contribution in [0.5, 0.6) is 0 Å². The maximum Gasteiger partial charge on any atom is 0.326 e. The molecule has 1 atom stereocenters. The summed E-state index contributed by atoms with van der Waals surface area (Å²) in [5, 5.41) is 12.8. The van der Waals surface area contributed by atoms with Crippen LogP contribution < -0.4 is 10.0 Å². The molecular formula is C22H15Cl3N4O5S2. The summed E-state index contributed by atoms with van der Waals surface area (Å²) in [6, 6.07) is 11.7. The second kappa shape index (κ2) is 10.6. The molecule has 9 nitrogen and oxygen atoms in total. The minimum absolute atomic E-state index is 0.0918. The molecule has 4 aromatic rings. The number of carbonyl (C=O) groups excluding carboxylic acids is 1. The third kappa shape index (κ3) is 5.71. The molecule has 1 heterocycles. The second-order valence-electron chi connectivity index (χ2n) is 7.50. The fourth-order valence-electron chi connectivity index (χ4n) is 3.34. The summed E-state index contributed by atoms with van der Waals surface area (Å²) in [4.78, 5) is 24.8. The Morgan fingerprint density at radius 3 is 2.50 bits per heavy atom. The topological polar surface area (TPSA) is 138 Å². The minimum atomic E-state index is -4.21. The largest absolute Gasteiger partial charge is 0.480 e. The average Bonchev–Trinajstić information content (AvgIpc) is 3.29. The van der Waals surface area contributed by atoms with Crippen LogP contribution in [0.4, 0.5) is 5.69 Å². The smallest absolute Gasteiger partial charge is 0.326 e. The van der Waals surface area contributed by atoms with Crippen molar-refractivity contribution >= 4 is 85.2 Å². The molecule has 0 saturated heterocycles. The van der Waals surface area contributed by atoms with Crippen LogP contribution in [0, 0.1) is 0 Å². The lowest BCUT2D eigenvalue weighted by Gasteiger charge is -2.17. The number of amides is 1. The van der Waals surface area contributed by atoms with E-state index in [4.69, 9.17) is 34.8 Å². The summed E-state index contributed by atoms with van der Waals surface area (Å²) in [7, 11) is -4.21. The molecular weight excluding hydrogens is 571 g/mol. The number of nitrogens with zero attached hydrogens (tertiary/aromatic N) is 2. The summed E-state index contributed by atoms with van der Waals surface area (Å²) in [5.74, 6) is -2.13. The summed E-state index contributed by atoms with van der Waals surface area (Å²) in [5.41, 5.74) is 0.832. The lowest BCUT2D eigenvalue weighted by atomic mass is 10.1. The summed E-state index contributed by atoms with van der Waals surface area (Å²) >= 11 is 18.8. The van der Waals surface area contributed by atoms with E-state index in [0.717, 1.165) is 11.7 Å². The molecule has 1 aromatic heterocycles. The summed E-state index contributed by atoms with van der Waals surface area (Å²) < 4.78 is 36.8. The van der Waals surface area contributed by atoms with Crippen LogP contribution in [0.25, 0.3) is 11.0 Å². The Labute approximate surface area is 224 Å². The molecule has 0 spiro atoms. The van der Waals surface area contributed by atoms with Crippen molar-refractivity contribution in [1.29, 1.82) is 0 Å². The van der Waals surface area contributed by atoms with E-state index in [-0.39, 0.29) is 38.1 Å². The molecule has 36 heavy (non-hydrogen) atoms. The zero-order valence-electron chi connectivity index (χ0n) is 17.9. The van der Waals surface area contributed by atoms with Crippen LogP contribution in [0.2, 0.25) is 15.1 Å². The van der Waals surface area contributed by atoms with Crippen molar-refractivity contribution in [2.75, 3.05) is 4.72 Å². The Bertz CT molecular complexity index is 1590. The van der Waals surface area contributed by atoms with Gasteiger partial charge in [0.25, 0.3) is 15.9 Å². The number of fused-ring (bicyclic) bond motifs is 1. The number of sulfonamides is 1. The van der Waals surface area contributed by atoms with Crippen LogP contribution >= 0.6 is 46.5 Å². The highest BCUT2D eigenvalue weighted by Gasteiger charge is 2.26. The van der Waals surface area contributed by atoms with Gasteiger partial charge in [-0.1, -0.05) is 46.9 Å². The van der Waals surface area contributed by atoms with Gasteiger partial charge < -0.3 is 10.4 Å². The van der Waals surface area contributed by atoms with Gasteiger partial charge in [0.05, 0.1) is 33.0 Å². The number of aliphatic carboxylic acids is 1. The maximum atomic E-state index is 13.2. The molecule has 0 aliphatic rings. The Kier molecular flexibility index (Phi) is 7.67. The molecule has 1 amide bonds. The van der Waals surface area contributed by atoms with E-state index in [1.54, 1.807) is 12.1 Å². The van der Waals surface area contributed by atoms with Crippen molar-refractivity contribution in [3.05, 3.63) is 80.8 Å². The molecule has 0 aliphatic heterocycles. The predicted octanol–water partition coefficient (Wildman–Crippen LogP) is 4.88. The number of aromatic nitrogens is 2. The average molecular weight is 586 g/mol. The van der Waals surface area contributed by atoms with E-state index < -0.39 is 27.9 Å². The van der Waals surface area contributed by atoms with Crippen LogP contribution in [0.3, 0.4) is 0 Å². The third-order valence-electron chi connectivity index (χ3n) is 5.04. The van der Waals surface area contributed by atoms with Gasteiger partial charge in [0.1, 0.15) is 22.0 Å². The zero-order valence-corrected chi connectivity index (χ0v) is 21.8. The number of anilines is 1. The highest BCUT2D eigenvalue weighted by molar-refractivity contribution is 7.93. The van der Waals surface area contributed by atoms with E-state index in [1.807, 2.05) is 0 Å². The molecule has 0 unspecified atom stereocenters. The van der Waals surface area contributed by atoms with Gasteiger partial charge in [0, 0.05) is 11.4 Å². The number of carboxylic acid groups (broad SMARTS) is 1. The first-order valence-corrected chi connectivity index (χ1v) is 13.4. The molecule has 0 bridgehead atoms. The van der Waals surface area contributed by atoms with Crippen molar-refractivity contribution < 1.29 is 23.1 Å². The number of hydrogen-bond acceptors (Lipinski definition) is 7. The van der Waals surface area contributed by atoms with Crippen molar-refractivity contribution in [2.45, 2.75) is 17.4 Å². The highest BCUT2D eigenvalue weighted by atomic mass is 35.5. The number of carboxylic acids is 1. The van der Waals surface area contributed by atoms with Gasteiger partial charge in [-0.05, 0) is 48.0 Å². The van der Waals surface area contributed by atoms with E-state index in [1.165, 1.54) is 42.5 Å². The Morgan fingerprint density at radius 2 is 1.78 bits per heavy atom. The van der Waals surface area contributed by atoms with Gasteiger partial charge in [0.2, 0.25) is 0 Å². The SMILES string of the molecule is O=C(N[C@@H](Cc1ccc(Cl)c(Cl)c1)C(=O)O)c1ccc(Cl)cc1NS(=O)(=O)c1cccc2nsnc12. The van der Waals surface area contributed by atoms with Crippen molar-refractivity contribution in [3.8, 4) is 0 Å². The van der Waals surface area contributed by atoms with E-state index in [0.29, 0.717) is 16.1 Å². The van der Waals surface area contributed by atoms with Crippen molar-refractivity contribution in [2.24, 2.45) is 0 Å². The fraction of sp³-hybridized carbons (Fsp3) is 0.0909. The first-order valence-electron chi connectivity index (χ1n) is 10.1. The Balaban J connectivity index is 1.62. The maximum absolute atomic E-state index is 13.2. The van der Waals surface area contributed by atoms with Crippen LogP contribution in [-0.4, -0.2) is 40.2 Å². The summed E-state index contributed by atoms with van der Waals surface area (Å²) in [6.07, 6.45) is -0.0918. The van der Waals surface area contributed by atoms with Crippen LogP contribution in [0.15, 0.2) is 59.5 Å². The molecule has 3 aromatic carbocycles. The predicted molar refractivity (Wildman–Crippen MR) is 139 cm³/mol. The molecule has 4 rings (SSSR count). The minimum Gasteiger partial charge on any atom is -0.480 e. The number of hydrogen-bond donors (Lipinski definition) is 3. The standard InChI is InChI=1S/C22H15Cl3N4O5S2/c23-12-5-6-13(21(30)26-18(22(31)32)9-11-4-7-14(24)15(25)8-11)17(10-12)29-36(33,34)19-3-1-2-16-20(19)28-35-27-16/h1-8,10,18,29H,9H2,(H,26,30)(H,31,32)/t18-/m0/s1. The third-order valence-corrected chi connectivity index (χ3v) is 7.95. The molecule has 3 N–H and O–H groups in total. The molecule has 0 aliphatic carbocycles. The monoisotopic (exact) mass is 584 g/mol. The van der Waals surface area contributed by atoms with Crippen molar-refractivity contribution in [3.63, 3.8) is 0 Å². The zero-order chi connectivity index (χ0) is 26.0. The van der Waals surface area contributed by atoms with Crippen molar-refractivity contribution in [1.82, 2.24) is 14.1 Å². The fourth-order valence-corrected chi connectivity index (χ4v) is 5.67. The Hall–Kier alpha value is -2.96. The lowest BCUT2D eigenvalue weighted by Crippen LogP contribution is -2.42. The highest BCUT2D eigenvalue weighted by Crippen LogP contribution is 2.28. The van der Waals surface area contributed by atoms with Gasteiger partial charge in [-0.15, -0.1) is 0 Å². The van der Waals surface area contributed by atoms with Gasteiger partial charge in [-0.25, -0.2) is 13.2 Å². The number of benzene rings is 3. The second-order valence-corrected chi connectivity index (χ2v) is 10.9. The van der Waals surface area contributed by atoms with Crippen LogP contribution in [0.1, 0.15) is 15.9 Å². The molecule has 0 radical (unpaired) electrons. The number of nitrogens with one attached hydrogen (secondary N) is 2. The number of rotatable bonds is 8. The quantitative estimate of drug-likeness (QED) is 0.268. The van der Waals surface area contributed by atoms with E-state index in [9.17, 15) is 23.1 Å². The van der Waals surface area contributed by atoms with Gasteiger partial charge >= 0.3 is 5.97 Å². The normalized spacial score (nSPS) is 12.3. The Morgan fingerprint density at radius 1 is 1.00 bits per heavy atom. The molecule has 0 saturated carbocycles. The lowest BCUT2D eigenvalue weighted by molar-refractivity contribution is -0.139. The van der Waals surface area contributed by atoms with Gasteiger partial charge in [-0.3, -0.25) is 9.52 Å². The van der Waals surface area contributed by atoms with E-state index >= 15 is 0 Å². The molecule has 14 heteroatoms. The first kappa shape index (κ1) is 26.1. The molecule has 0 fully saturated rings. The van der Waals surface area contributed by atoms with E-state index in [2.05, 4.69) is 18.8 Å². The van der Waals surface area contributed by atoms with Crippen LogP contribution in [-0.2, 0) is 21.2 Å². The summed E-state index contributed by atoms with van der Waals surface area (Å²) in [6.45, 7) is 0. The number of halogens is 3. The van der Waals surface area contributed by atoms with Gasteiger partial charge in [-0.2, -0.15) is 8.75 Å². The first-order chi connectivity index (χ1) is 17.0. The molecule has 186 valence electrons.